The van der Waals surface area contributed by atoms with Crippen LogP contribution in [0.5, 0.6) is 0 Å². The standard InChI is InChI=1S/C26H24N6O/c1-15-19(10-8-17-9-11-20(30-22(15)17)16-6-4-3-5-7-16)23-21-24(27)28-14-29-25(21)32(31-23)18-12-26(2,33)13-18/h3-11,14,18,33H,12-13H2,1-2H3,(H2,27,28,29). The Hall–Kier alpha value is -3.84. The molecule has 3 heterocycles. The minimum absolute atomic E-state index is 0.0779. The zero-order valence-corrected chi connectivity index (χ0v) is 18.5. The lowest BCUT2D eigenvalue weighted by molar-refractivity contribution is -0.0531. The highest BCUT2D eigenvalue weighted by Gasteiger charge is 2.41. The highest BCUT2D eigenvalue weighted by molar-refractivity contribution is 6.01. The molecule has 7 heteroatoms. The van der Waals surface area contributed by atoms with Gasteiger partial charge in [0.25, 0.3) is 0 Å². The minimum Gasteiger partial charge on any atom is -0.390 e. The number of nitrogen functional groups attached to an aromatic ring is 1. The molecule has 1 aliphatic carbocycles. The highest BCUT2D eigenvalue weighted by atomic mass is 16.3. The van der Waals surface area contributed by atoms with E-state index in [4.69, 9.17) is 15.8 Å². The molecule has 3 N–H and O–H groups in total. The number of aromatic nitrogens is 5. The van der Waals surface area contributed by atoms with Gasteiger partial charge in [-0.15, -0.1) is 0 Å². The van der Waals surface area contributed by atoms with Crippen LogP contribution >= 0.6 is 0 Å². The Morgan fingerprint density at radius 2 is 1.79 bits per heavy atom. The van der Waals surface area contributed by atoms with Gasteiger partial charge >= 0.3 is 0 Å². The molecule has 0 aliphatic heterocycles. The molecule has 0 radical (unpaired) electrons. The summed E-state index contributed by atoms with van der Waals surface area (Å²) in [6, 6.07) is 18.5. The Labute approximate surface area is 190 Å². The number of pyridine rings is 1. The maximum Gasteiger partial charge on any atom is 0.164 e. The first kappa shape index (κ1) is 19.8. The van der Waals surface area contributed by atoms with Crippen molar-refractivity contribution in [2.75, 3.05) is 5.73 Å². The van der Waals surface area contributed by atoms with E-state index in [1.807, 2.05) is 29.8 Å². The average molecular weight is 437 g/mol. The Balaban J connectivity index is 1.55. The second kappa shape index (κ2) is 7.08. The molecule has 0 spiro atoms. The van der Waals surface area contributed by atoms with Crippen molar-refractivity contribution in [3.8, 4) is 22.5 Å². The Morgan fingerprint density at radius 1 is 1.03 bits per heavy atom. The number of nitrogens with zero attached hydrogens (tertiary/aromatic N) is 5. The number of aryl methyl sites for hydroxylation is 1. The number of fused-ring (bicyclic) bond motifs is 2. The number of benzene rings is 2. The molecule has 5 aromatic rings. The van der Waals surface area contributed by atoms with Gasteiger partial charge in [-0.1, -0.05) is 48.5 Å². The monoisotopic (exact) mass is 436 g/mol. The molecule has 0 unspecified atom stereocenters. The molecule has 1 fully saturated rings. The van der Waals surface area contributed by atoms with Crippen LogP contribution in [0.25, 0.3) is 44.5 Å². The van der Waals surface area contributed by atoms with E-state index in [0.717, 1.165) is 44.4 Å². The molecule has 0 atom stereocenters. The lowest BCUT2D eigenvalue weighted by Crippen LogP contribution is -2.42. The fraction of sp³-hybridized carbons (Fsp3) is 0.231. The summed E-state index contributed by atoms with van der Waals surface area (Å²) in [7, 11) is 0. The Kier molecular flexibility index (Phi) is 4.25. The molecule has 0 amide bonds. The number of anilines is 1. The third kappa shape index (κ3) is 3.15. The molecule has 164 valence electrons. The van der Waals surface area contributed by atoms with Gasteiger partial charge in [0, 0.05) is 16.5 Å². The van der Waals surface area contributed by atoms with E-state index < -0.39 is 5.60 Å². The van der Waals surface area contributed by atoms with Gasteiger partial charge in [-0.05, 0) is 38.3 Å². The van der Waals surface area contributed by atoms with Gasteiger partial charge in [0.15, 0.2) is 5.65 Å². The fourth-order valence-corrected chi connectivity index (χ4v) is 4.92. The largest absolute Gasteiger partial charge is 0.390 e. The van der Waals surface area contributed by atoms with E-state index in [1.165, 1.54) is 6.33 Å². The second-order valence-electron chi connectivity index (χ2n) is 9.18. The van der Waals surface area contributed by atoms with Gasteiger partial charge in [-0.2, -0.15) is 5.10 Å². The number of rotatable bonds is 3. The molecule has 3 aromatic heterocycles. The SMILES string of the molecule is Cc1c(-c2nn(C3CC(C)(O)C3)c3ncnc(N)c23)ccc2ccc(-c3ccccc3)nc12. The van der Waals surface area contributed by atoms with Crippen LogP contribution in [-0.4, -0.2) is 35.4 Å². The van der Waals surface area contributed by atoms with Crippen LogP contribution in [0.4, 0.5) is 5.82 Å². The van der Waals surface area contributed by atoms with E-state index in [0.29, 0.717) is 24.3 Å². The summed E-state index contributed by atoms with van der Waals surface area (Å²) in [6.45, 7) is 3.92. The van der Waals surface area contributed by atoms with Gasteiger partial charge in [0.2, 0.25) is 0 Å². The summed E-state index contributed by atoms with van der Waals surface area (Å²) in [5.41, 5.74) is 12.0. The van der Waals surface area contributed by atoms with Gasteiger partial charge in [0.1, 0.15) is 17.8 Å². The molecule has 2 aromatic carbocycles. The summed E-state index contributed by atoms with van der Waals surface area (Å²) in [5.74, 6) is 0.401. The normalized spacial score (nSPS) is 20.3. The summed E-state index contributed by atoms with van der Waals surface area (Å²) in [6.07, 6.45) is 2.73. The predicted molar refractivity (Wildman–Crippen MR) is 130 cm³/mol. The van der Waals surface area contributed by atoms with Crippen molar-refractivity contribution < 1.29 is 5.11 Å². The first-order valence-electron chi connectivity index (χ1n) is 11.1. The van der Waals surface area contributed by atoms with E-state index in [-0.39, 0.29) is 6.04 Å². The topological polar surface area (TPSA) is 103 Å². The van der Waals surface area contributed by atoms with Gasteiger partial charge < -0.3 is 10.8 Å². The van der Waals surface area contributed by atoms with Crippen molar-refractivity contribution in [1.82, 2.24) is 24.7 Å². The van der Waals surface area contributed by atoms with Crippen molar-refractivity contribution in [1.29, 1.82) is 0 Å². The Bertz CT molecular complexity index is 1510. The fourth-order valence-electron chi connectivity index (χ4n) is 4.92. The number of hydrogen-bond donors (Lipinski definition) is 2. The van der Waals surface area contributed by atoms with Crippen LogP contribution in [0.1, 0.15) is 31.4 Å². The molecule has 7 nitrogen and oxygen atoms in total. The van der Waals surface area contributed by atoms with Crippen LogP contribution in [0.15, 0.2) is 60.9 Å². The summed E-state index contributed by atoms with van der Waals surface area (Å²) >= 11 is 0. The smallest absolute Gasteiger partial charge is 0.164 e. The lowest BCUT2D eigenvalue weighted by Gasteiger charge is -2.40. The zero-order chi connectivity index (χ0) is 22.7. The molecule has 0 saturated heterocycles. The van der Waals surface area contributed by atoms with Gasteiger partial charge in [-0.3, -0.25) is 0 Å². The van der Waals surface area contributed by atoms with E-state index in [9.17, 15) is 5.11 Å². The zero-order valence-electron chi connectivity index (χ0n) is 18.5. The van der Waals surface area contributed by atoms with Crippen LogP contribution in [-0.2, 0) is 0 Å². The maximum absolute atomic E-state index is 10.3. The third-order valence-electron chi connectivity index (χ3n) is 6.65. The molecule has 1 aliphatic rings. The van der Waals surface area contributed by atoms with E-state index in [2.05, 4.69) is 53.3 Å². The van der Waals surface area contributed by atoms with Crippen LogP contribution in [0.2, 0.25) is 0 Å². The first-order valence-corrected chi connectivity index (χ1v) is 11.1. The second-order valence-corrected chi connectivity index (χ2v) is 9.18. The quantitative estimate of drug-likeness (QED) is 0.425. The average Bonchev–Trinajstić information content (AvgIpc) is 3.18. The molecular weight excluding hydrogens is 412 g/mol. The van der Waals surface area contributed by atoms with Gasteiger partial charge in [0.05, 0.1) is 28.2 Å². The van der Waals surface area contributed by atoms with Gasteiger partial charge in [-0.25, -0.2) is 19.6 Å². The molecule has 0 bridgehead atoms. The number of nitrogens with two attached hydrogens (primary N) is 1. The number of hydrogen-bond acceptors (Lipinski definition) is 6. The van der Waals surface area contributed by atoms with Crippen LogP contribution in [0, 0.1) is 6.92 Å². The third-order valence-corrected chi connectivity index (χ3v) is 6.65. The predicted octanol–water partition coefficient (Wildman–Crippen LogP) is 4.69. The minimum atomic E-state index is -0.668. The summed E-state index contributed by atoms with van der Waals surface area (Å²) < 4.78 is 1.90. The molecular formula is C26H24N6O. The van der Waals surface area contributed by atoms with Crippen molar-refractivity contribution >= 4 is 27.8 Å². The Morgan fingerprint density at radius 3 is 2.55 bits per heavy atom. The van der Waals surface area contributed by atoms with Crippen LogP contribution < -0.4 is 5.73 Å². The van der Waals surface area contributed by atoms with E-state index in [1.54, 1.807) is 0 Å². The van der Waals surface area contributed by atoms with Crippen LogP contribution in [0.3, 0.4) is 0 Å². The van der Waals surface area contributed by atoms with Crippen molar-refractivity contribution in [3.63, 3.8) is 0 Å². The molecule has 33 heavy (non-hydrogen) atoms. The lowest BCUT2D eigenvalue weighted by atomic mass is 9.77. The maximum atomic E-state index is 10.3. The van der Waals surface area contributed by atoms with Crippen molar-refractivity contribution in [2.24, 2.45) is 0 Å². The summed E-state index contributed by atoms with van der Waals surface area (Å²) in [4.78, 5) is 13.7. The highest BCUT2D eigenvalue weighted by Crippen LogP contribution is 2.44. The van der Waals surface area contributed by atoms with Crippen molar-refractivity contribution in [2.45, 2.75) is 38.3 Å². The van der Waals surface area contributed by atoms with Crippen molar-refractivity contribution in [3.05, 3.63) is 66.5 Å². The van der Waals surface area contributed by atoms with E-state index >= 15 is 0 Å². The molecule has 1 saturated carbocycles. The number of aliphatic hydroxyl groups is 1. The first-order chi connectivity index (χ1) is 15.9. The molecule has 6 rings (SSSR count). The summed E-state index contributed by atoms with van der Waals surface area (Å²) in [5, 5.41) is 17.0.